The predicted molar refractivity (Wildman–Crippen MR) is 73.7 cm³/mol. The summed E-state index contributed by atoms with van der Waals surface area (Å²) in [5.41, 5.74) is 0. The van der Waals surface area contributed by atoms with Gasteiger partial charge in [0.15, 0.2) is 5.82 Å². The van der Waals surface area contributed by atoms with Crippen molar-refractivity contribution in [1.82, 2.24) is 10.1 Å². The summed E-state index contributed by atoms with van der Waals surface area (Å²) in [4.78, 5) is 25.3. The van der Waals surface area contributed by atoms with Crippen molar-refractivity contribution >= 4 is 17.7 Å². The highest BCUT2D eigenvalue weighted by Gasteiger charge is 2.48. The van der Waals surface area contributed by atoms with E-state index in [2.05, 4.69) is 15.4 Å². The van der Waals surface area contributed by atoms with Gasteiger partial charge in [-0.15, -0.1) is 0 Å². The summed E-state index contributed by atoms with van der Waals surface area (Å²) in [6.45, 7) is 2.36. The molecule has 1 aromatic rings. The van der Waals surface area contributed by atoms with E-state index in [0.29, 0.717) is 37.0 Å². The van der Waals surface area contributed by atoms with E-state index in [4.69, 9.17) is 4.52 Å². The second kappa shape index (κ2) is 5.48. The van der Waals surface area contributed by atoms with Crippen molar-refractivity contribution in [3.63, 3.8) is 0 Å². The second-order valence-corrected chi connectivity index (χ2v) is 5.84. The van der Waals surface area contributed by atoms with Crippen molar-refractivity contribution in [1.29, 1.82) is 0 Å². The number of fused-ring (bicyclic) bond motifs is 2. The molecule has 2 fully saturated rings. The lowest BCUT2D eigenvalue weighted by Gasteiger charge is -2.22. The van der Waals surface area contributed by atoms with Crippen molar-refractivity contribution in [2.45, 2.75) is 44.7 Å². The Morgan fingerprint density at radius 2 is 2.33 bits per heavy atom. The lowest BCUT2D eigenvalue weighted by Crippen LogP contribution is -2.35. The molecule has 2 aliphatic heterocycles. The number of carboxylic acids is 1. The van der Waals surface area contributed by atoms with Gasteiger partial charge in [-0.2, -0.15) is 0 Å². The van der Waals surface area contributed by atoms with Gasteiger partial charge in [0, 0.05) is 31.1 Å². The molecule has 0 aliphatic carbocycles. The average molecular weight is 293 g/mol. The number of nitrogens with one attached hydrogen (secondary N) is 1. The van der Waals surface area contributed by atoms with Gasteiger partial charge in [0.05, 0.1) is 5.92 Å². The molecular formula is C14H19N3O4. The summed E-state index contributed by atoms with van der Waals surface area (Å²) in [5.74, 6) is -0.0429. The van der Waals surface area contributed by atoms with Crippen LogP contribution in [0.5, 0.6) is 0 Å². The molecule has 2 N–H and O–H groups in total. The molecule has 3 rings (SSSR count). The van der Waals surface area contributed by atoms with Crippen LogP contribution in [0.3, 0.4) is 0 Å². The molecule has 21 heavy (non-hydrogen) atoms. The molecule has 3 heterocycles. The number of aromatic nitrogens is 1. The number of nitrogens with zero attached hydrogens (tertiary/aromatic N) is 2. The minimum absolute atomic E-state index is 0.0922. The van der Waals surface area contributed by atoms with Crippen LogP contribution in [0.15, 0.2) is 10.6 Å². The van der Waals surface area contributed by atoms with Gasteiger partial charge in [-0.3, -0.25) is 14.5 Å². The van der Waals surface area contributed by atoms with Crippen LogP contribution in [0.2, 0.25) is 0 Å². The van der Waals surface area contributed by atoms with E-state index < -0.39 is 5.97 Å². The molecule has 0 aromatic carbocycles. The molecule has 0 saturated carbocycles. The van der Waals surface area contributed by atoms with Crippen molar-refractivity contribution < 1.29 is 19.2 Å². The normalized spacial score (nSPS) is 28.0. The van der Waals surface area contributed by atoms with Crippen LogP contribution in [-0.2, 0) is 9.59 Å². The SMILES string of the molecule is Cc1cc(NC(=O)CCN2C3CCC2C(C(=O)O)C3)no1. The zero-order valence-electron chi connectivity index (χ0n) is 11.9. The molecule has 0 spiro atoms. The Balaban J connectivity index is 1.51. The minimum atomic E-state index is -0.713. The smallest absolute Gasteiger partial charge is 0.308 e. The minimum Gasteiger partial charge on any atom is -0.481 e. The summed E-state index contributed by atoms with van der Waals surface area (Å²) >= 11 is 0. The van der Waals surface area contributed by atoms with Gasteiger partial charge >= 0.3 is 5.97 Å². The summed E-state index contributed by atoms with van der Waals surface area (Å²) in [7, 11) is 0. The Bertz CT molecular complexity index is 556. The summed E-state index contributed by atoms with van der Waals surface area (Å²) in [5, 5.41) is 15.6. The van der Waals surface area contributed by atoms with Crippen LogP contribution in [0.1, 0.15) is 31.4 Å². The molecule has 2 saturated heterocycles. The molecule has 7 nitrogen and oxygen atoms in total. The van der Waals surface area contributed by atoms with Gasteiger partial charge in [0.1, 0.15) is 5.76 Å². The first-order chi connectivity index (χ1) is 10.0. The Labute approximate surface area is 122 Å². The zero-order chi connectivity index (χ0) is 15.0. The molecule has 1 aromatic heterocycles. The van der Waals surface area contributed by atoms with Gasteiger partial charge in [-0.05, 0) is 26.2 Å². The van der Waals surface area contributed by atoms with E-state index >= 15 is 0 Å². The summed E-state index contributed by atoms with van der Waals surface area (Å²) in [6.07, 6.45) is 3.01. The first-order valence-corrected chi connectivity index (χ1v) is 7.26. The Kier molecular flexibility index (Phi) is 3.67. The number of carboxylic acid groups (broad SMARTS) is 1. The number of hydrogen-bond donors (Lipinski definition) is 2. The maximum absolute atomic E-state index is 11.9. The summed E-state index contributed by atoms with van der Waals surface area (Å²) < 4.78 is 4.89. The van der Waals surface area contributed by atoms with E-state index in [9.17, 15) is 14.7 Å². The number of rotatable bonds is 5. The number of amides is 1. The number of carbonyl (C=O) groups excluding carboxylic acids is 1. The standard InChI is InChI=1S/C14H19N3O4/c1-8-6-12(16-21-8)15-13(18)4-5-17-9-2-3-11(17)10(7-9)14(19)20/h6,9-11H,2-5,7H2,1H3,(H,19,20)(H,15,16,18). The lowest BCUT2D eigenvalue weighted by molar-refractivity contribution is -0.142. The third kappa shape index (κ3) is 2.78. The third-order valence-electron chi connectivity index (χ3n) is 4.49. The summed E-state index contributed by atoms with van der Waals surface area (Å²) in [6, 6.07) is 2.07. The molecule has 3 atom stereocenters. The van der Waals surface area contributed by atoms with Gasteiger partial charge in [-0.25, -0.2) is 0 Å². The Hall–Kier alpha value is -1.89. The van der Waals surface area contributed by atoms with Crippen LogP contribution >= 0.6 is 0 Å². The number of anilines is 1. The highest BCUT2D eigenvalue weighted by Crippen LogP contribution is 2.41. The van der Waals surface area contributed by atoms with E-state index in [0.717, 1.165) is 12.8 Å². The van der Waals surface area contributed by atoms with E-state index in [1.54, 1.807) is 13.0 Å². The third-order valence-corrected chi connectivity index (χ3v) is 4.49. The largest absolute Gasteiger partial charge is 0.481 e. The van der Waals surface area contributed by atoms with E-state index in [1.165, 1.54) is 0 Å². The quantitative estimate of drug-likeness (QED) is 0.848. The topological polar surface area (TPSA) is 95.7 Å². The van der Waals surface area contributed by atoms with E-state index in [-0.39, 0.29) is 17.9 Å². The molecule has 114 valence electrons. The van der Waals surface area contributed by atoms with Crippen molar-refractivity contribution in [3.8, 4) is 0 Å². The Morgan fingerprint density at radius 1 is 1.52 bits per heavy atom. The fraction of sp³-hybridized carbons (Fsp3) is 0.643. The maximum Gasteiger partial charge on any atom is 0.308 e. The highest BCUT2D eigenvalue weighted by molar-refractivity contribution is 5.89. The van der Waals surface area contributed by atoms with Crippen LogP contribution in [-0.4, -0.2) is 45.7 Å². The molecule has 2 bridgehead atoms. The van der Waals surface area contributed by atoms with Crippen molar-refractivity contribution in [3.05, 3.63) is 11.8 Å². The molecule has 0 radical (unpaired) electrons. The highest BCUT2D eigenvalue weighted by atomic mass is 16.5. The number of carbonyl (C=O) groups is 2. The first-order valence-electron chi connectivity index (χ1n) is 7.26. The molecule has 7 heteroatoms. The van der Waals surface area contributed by atoms with Crippen LogP contribution < -0.4 is 5.32 Å². The van der Waals surface area contributed by atoms with Gasteiger partial charge in [0.25, 0.3) is 0 Å². The number of aliphatic carboxylic acids is 1. The fourth-order valence-corrected chi connectivity index (χ4v) is 3.58. The second-order valence-electron chi connectivity index (χ2n) is 5.84. The van der Waals surface area contributed by atoms with Crippen LogP contribution in [0, 0.1) is 12.8 Å². The number of aryl methyl sites for hydroxylation is 1. The lowest BCUT2D eigenvalue weighted by atomic mass is 9.89. The Morgan fingerprint density at radius 3 is 2.95 bits per heavy atom. The van der Waals surface area contributed by atoms with Crippen molar-refractivity contribution in [2.24, 2.45) is 5.92 Å². The zero-order valence-corrected chi connectivity index (χ0v) is 11.9. The monoisotopic (exact) mass is 293 g/mol. The fourth-order valence-electron chi connectivity index (χ4n) is 3.58. The molecule has 3 unspecified atom stereocenters. The number of hydrogen-bond acceptors (Lipinski definition) is 5. The maximum atomic E-state index is 11.9. The van der Waals surface area contributed by atoms with Crippen LogP contribution in [0.4, 0.5) is 5.82 Å². The van der Waals surface area contributed by atoms with E-state index in [1.807, 2.05) is 0 Å². The first kappa shape index (κ1) is 14.1. The molecular weight excluding hydrogens is 274 g/mol. The average Bonchev–Trinajstić information content (AvgIpc) is 3.11. The molecule has 2 aliphatic rings. The van der Waals surface area contributed by atoms with Crippen LogP contribution in [0.25, 0.3) is 0 Å². The molecule has 1 amide bonds. The van der Waals surface area contributed by atoms with Crippen molar-refractivity contribution in [2.75, 3.05) is 11.9 Å². The van der Waals surface area contributed by atoms with Gasteiger partial charge < -0.3 is 14.9 Å². The van der Waals surface area contributed by atoms with Gasteiger partial charge in [-0.1, -0.05) is 5.16 Å². The van der Waals surface area contributed by atoms with Gasteiger partial charge in [0.2, 0.25) is 5.91 Å². The predicted octanol–water partition coefficient (Wildman–Crippen LogP) is 1.25.